The minimum atomic E-state index is -0.341. The summed E-state index contributed by atoms with van der Waals surface area (Å²) in [6.45, 7) is -0.0325. The third-order valence-electron chi connectivity index (χ3n) is 3.13. The summed E-state index contributed by atoms with van der Waals surface area (Å²) in [6.07, 6.45) is 2.21. The topological polar surface area (TPSA) is 110 Å². The van der Waals surface area contributed by atoms with E-state index in [1.807, 2.05) is 0 Å². The number of ether oxygens (including phenoxy) is 1. The molecule has 8 nitrogen and oxygen atoms in total. The summed E-state index contributed by atoms with van der Waals surface area (Å²) >= 11 is 0. The van der Waals surface area contributed by atoms with Crippen LogP contribution in [0.25, 0.3) is 11.6 Å². The van der Waals surface area contributed by atoms with Crippen molar-refractivity contribution in [3.63, 3.8) is 0 Å². The summed E-state index contributed by atoms with van der Waals surface area (Å²) < 4.78 is 10.5. The van der Waals surface area contributed by atoms with Gasteiger partial charge in [-0.3, -0.25) is 14.7 Å². The van der Waals surface area contributed by atoms with E-state index < -0.39 is 0 Å². The molecule has 0 bridgehead atoms. The van der Waals surface area contributed by atoms with Crippen LogP contribution in [-0.2, 0) is 11.3 Å². The number of aromatic nitrogens is 3. The van der Waals surface area contributed by atoms with E-state index in [1.165, 1.54) is 6.26 Å². The van der Waals surface area contributed by atoms with E-state index in [4.69, 9.17) is 9.15 Å². The molecular formula is C16H14N4O4. The van der Waals surface area contributed by atoms with Crippen molar-refractivity contribution in [1.82, 2.24) is 20.5 Å². The molecule has 0 fully saturated rings. The van der Waals surface area contributed by atoms with E-state index >= 15 is 0 Å². The molecular weight excluding hydrogens is 312 g/mol. The Morgan fingerprint density at radius 2 is 2.17 bits per heavy atom. The van der Waals surface area contributed by atoms with E-state index in [2.05, 4.69) is 20.5 Å². The van der Waals surface area contributed by atoms with Crippen LogP contribution in [-0.4, -0.2) is 34.0 Å². The number of hydrogen-bond acceptors (Lipinski definition) is 6. The van der Waals surface area contributed by atoms with Crippen LogP contribution in [0.15, 0.2) is 47.1 Å². The summed E-state index contributed by atoms with van der Waals surface area (Å²) in [5.74, 6) is 1.47. The SMILES string of the molecule is O=Cc1ccccc1OCC(=O)NCc1nc(-c2ccco2)n[nH]1. The maximum absolute atomic E-state index is 11.8. The average Bonchev–Trinajstić information content (AvgIpc) is 3.29. The lowest BCUT2D eigenvalue weighted by molar-refractivity contribution is -0.123. The first-order chi connectivity index (χ1) is 11.8. The molecule has 3 rings (SSSR count). The summed E-state index contributed by atoms with van der Waals surface area (Å²) in [4.78, 5) is 26.9. The van der Waals surface area contributed by atoms with Gasteiger partial charge in [-0.25, -0.2) is 4.98 Å². The fourth-order valence-electron chi connectivity index (χ4n) is 1.98. The van der Waals surface area contributed by atoms with Gasteiger partial charge in [0, 0.05) is 0 Å². The Hall–Kier alpha value is -3.42. The van der Waals surface area contributed by atoms with Gasteiger partial charge in [0.2, 0.25) is 5.82 Å². The van der Waals surface area contributed by atoms with Gasteiger partial charge in [0.1, 0.15) is 11.6 Å². The van der Waals surface area contributed by atoms with Crippen molar-refractivity contribution < 1.29 is 18.7 Å². The fourth-order valence-corrected chi connectivity index (χ4v) is 1.98. The van der Waals surface area contributed by atoms with Gasteiger partial charge >= 0.3 is 0 Å². The maximum Gasteiger partial charge on any atom is 0.258 e. The molecule has 8 heteroatoms. The molecule has 0 saturated carbocycles. The minimum absolute atomic E-state index is 0.172. The second kappa shape index (κ2) is 7.23. The first kappa shape index (κ1) is 15.5. The number of amides is 1. The van der Waals surface area contributed by atoms with E-state index in [-0.39, 0.29) is 19.1 Å². The molecule has 2 aromatic heterocycles. The van der Waals surface area contributed by atoms with Crippen LogP contribution >= 0.6 is 0 Å². The number of aromatic amines is 1. The molecule has 2 N–H and O–H groups in total. The van der Waals surface area contributed by atoms with Crippen molar-refractivity contribution in [3.8, 4) is 17.3 Å². The fraction of sp³-hybridized carbons (Fsp3) is 0.125. The quantitative estimate of drug-likeness (QED) is 0.638. The number of aldehydes is 1. The Kier molecular flexibility index (Phi) is 4.66. The van der Waals surface area contributed by atoms with E-state index in [0.717, 1.165) is 0 Å². The number of benzene rings is 1. The highest BCUT2D eigenvalue weighted by Gasteiger charge is 2.10. The van der Waals surface area contributed by atoms with Gasteiger partial charge in [-0.15, -0.1) is 5.10 Å². The van der Waals surface area contributed by atoms with Crippen LogP contribution in [0.4, 0.5) is 0 Å². The number of carbonyl (C=O) groups is 2. The standard InChI is InChI=1S/C16H14N4O4/c21-9-11-4-1-2-5-12(11)24-10-15(22)17-8-14-18-16(20-19-14)13-6-3-7-23-13/h1-7,9H,8,10H2,(H,17,22)(H,18,19,20). The maximum atomic E-state index is 11.8. The third-order valence-corrected chi connectivity index (χ3v) is 3.13. The lowest BCUT2D eigenvalue weighted by atomic mass is 10.2. The number of para-hydroxylation sites is 1. The van der Waals surface area contributed by atoms with Crippen LogP contribution in [0.5, 0.6) is 5.75 Å². The Balaban J connectivity index is 1.50. The highest BCUT2D eigenvalue weighted by molar-refractivity contribution is 5.80. The predicted octanol–water partition coefficient (Wildman–Crippen LogP) is 1.57. The number of H-pyrrole nitrogens is 1. The van der Waals surface area contributed by atoms with Gasteiger partial charge in [0.25, 0.3) is 5.91 Å². The van der Waals surface area contributed by atoms with Gasteiger partial charge in [-0.1, -0.05) is 12.1 Å². The van der Waals surface area contributed by atoms with Crippen LogP contribution < -0.4 is 10.1 Å². The van der Waals surface area contributed by atoms with Crippen LogP contribution in [0.3, 0.4) is 0 Å². The molecule has 0 aliphatic heterocycles. The molecule has 0 spiro atoms. The van der Waals surface area contributed by atoms with Crippen molar-refractivity contribution in [1.29, 1.82) is 0 Å². The lowest BCUT2D eigenvalue weighted by Crippen LogP contribution is -2.29. The Bertz CT molecular complexity index is 826. The van der Waals surface area contributed by atoms with Crippen LogP contribution in [0.1, 0.15) is 16.2 Å². The highest BCUT2D eigenvalue weighted by Crippen LogP contribution is 2.15. The number of hydrogen-bond donors (Lipinski definition) is 2. The summed E-state index contributed by atoms with van der Waals surface area (Å²) in [7, 11) is 0. The van der Waals surface area contributed by atoms with Crippen LogP contribution in [0.2, 0.25) is 0 Å². The van der Waals surface area contributed by atoms with Gasteiger partial charge in [-0.05, 0) is 24.3 Å². The molecule has 0 aliphatic carbocycles. The van der Waals surface area contributed by atoms with E-state index in [9.17, 15) is 9.59 Å². The molecule has 2 heterocycles. The number of rotatable bonds is 7. The van der Waals surface area contributed by atoms with E-state index in [1.54, 1.807) is 36.4 Å². The minimum Gasteiger partial charge on any atom is -0.483 e. The number of nitrogens with zero attached hydrogens (tertiary/aromatic N) is 2. The molecule has 122 valence electrons. The Morgan fingerprint density at radius 3 is 2.96 bits per heavy atom. The van der Waals surface area contributed by atoms with Crippen molar-refractivity contribution >= 4 is 12.2 Å². The summed E-state index contributed by atoms with van der Waals surface area (Å²) in [5.41, 5.74) is 0.392. The summed E-state index contributed by atoms with van der Waals surface area (Å²) in [6, 6.07) is 10.2. The van der Waals surface area contributed by atoms with Gasteiger partial charge in [0.15, 0.2) is 18.7 Å². The number of nitrogens with one attached hydrogen (secondary N) is 2. The molecule has 1 aromatic carbocycles. The van der Waals surface area contributed by atoms with Gasteiger partial charge in [-0.2, -0.15) is 0 Å². The zero-order chi connectivity index (χ0) is 16.8. The van der Waals surface area contributed by atoms with Gasteiger partial charge in [0.05, 0.1) is 18.4 Å². The van der Waals surface area contributed by atoms with Crippen molar-refractivity contribution in [2.45, 2.75) is 6.54 Å². The second-order valence-electron chi connectivity index (χ2n) is 4.80. The number of carbonyl (C=O) groups excluding carboxylic acids is 2. The lowest BCUT2D eigenvalue weighted by Gasteiger charge is -2.08. The van der Waals surface area contributed by atoms with Crippen molar-refractivity contribution in [3.05, 3.63) is 54.0 Å². The zero-order valence-corrected chi connectivity index (χ0v) is 12.6. The molecule has 0 saturated heterocycles. The first-order valence-corrected chi connectivity index (χ1v) is 7.15. The van der Waals surface area contributed by atoms with E-state index in [0.29, 0.717) is 35.0 Å². The molecule has 24 heavy (non-hydrogen) atoms. The molecule has 3 aromatic rings. The largest absolute Gasteiger partial charge is 0.483 e. The monoisotopic (exact) mass is 326 g/mol. The van der Waals surface area contributed by atoms with Crippen LogP contribution in [0, 0.1) is 0 Å². The second-order valence-corrected chi connectivity index (χ2v) is 4.80. The average molecular weight is 326 g/mol. The highest BCUT2D eigenvalue weighted by atomic mass is 16.5. The molecule has 0 radical (unpaired) electrons. The predicted molar refractivity (Wildman–Crippen MR) is 83.3 cm³/mol. The smallest absolute Gasteiger partial charge is 0.258 e. The molecule has 0 aliphatic rings. The third kappa shape index (κ3) is 3.67. The van der Waals surface area contributed by atoms with Gasteiger partial charge < -0.3 is 14.5 Å². The molecule has 0 unspecified atom stereocenters. The Labute approximate surface area is 136 Å². The first-order valence-electron chi connectivity index (χ1n) is 7.15. The van der Waals surface area contributed by atoms with Crippen molar-refractivity contribution in [2.75, 3.05) is 6.61 Å². The summed E-state index contributed by atoms with van der Waals surface area (Å²) in [5, 5.41) is 9.37. The zero-order valence-electron chi connectivity index (χ0n) is 12.6. The normalized spacial score (nSPS) is 10.3. The number of furan rings is 1. The van der Waals surface area contributed by atoms with Crippen molar-refractivity contribution in [2.24, 2.45) is 0 Å². The molecule has 0 atom stereocenters. The molecule has 1 amide bonds. The Morgan fingerprint density at radius 1 is 1.29 bits per heavy atom.